The van der Waals surface area contributed by atoms with Crippen LogP contribution in [-0.4, -0.2) is 0 Å². The first-order valence-electron chi connectivity index (χ1n) is 7.58. The van der Waals surface area contributed by atoms with E-state index in [4.69, 9.17) is 5.73 Å². The second kappa shape index (κ2) is 4.97. The average Bonchev–Trinajstić information content (AvgIpc) is 2.95. The van der Waals surface area contributed by atoms with Crippen LogP contribution in [0.2, 0.25) is 0 Å². The fourth-order valence-corrected chi connectivity index (χ4v) is 4.62. The Morgan fingerprint density at radius 1 is 0.952 bits per heavy atom. The minimum atomic E-state index is 0.0796. The highest BCUT2D eigenvalue weighted by molar-refractivity contribution is 7.17. The molecule has 1 heterocycles. The summed E-state index contributed by atoms with van der Waals surface area (Å²) < 4.78 is 1.35. The zero-order chi connectivity index (χ0) is 14.3. The molecule has 1 atom stereocenters. The zero-order valence-corrected chi connectivity index (χ0v) is 12.8. The molecule has 21 heavy (non-hydrogen) atoms. The fraction of sp³-hybridized carbons (Fsp3) is 0.263. The minimum Gasteiger partial charge on any atom is -0.323 e. The van der Waals surface area contributed by atoms with Crippen molar-refractivity contribution in [1.82, 2.24) is 0 Å². The van der Waals surface area contributed by atoms with Crippen LogP contribution in [0, 0.1) is 0 Å². The molecule has 0 bridgehead atoms. The van der Waals surface area contributed by atoms with E-state index in [1.807, 2.05) is 11.3 Å². The third-order valence-electron chi connectivity index (χ3n) is 5.03. The van der Waals surface area contributed by atoms with Gasteiger partial charge < -0.3 is 5.73 Å². The molecule has 2 aromatic carbocycles. The molecule has 3 aromatic rings. The fourth-order valence-electron chi connectivity index (χ4n) is 3.67. The van der Waals surface area contributed by atoms with Crippen molar-refractivity contribution in [2.45, 2.75) is 30.7 Å². The molecule has 0 saturated heterocycles. The summed E-state index contributed by atoms with van der Waals surface area (Å²) in [5.41, 5.74) is 9.64. The minimum absolute atomic E-state index is 0.0796. The van der Waals surface area contributed by atoms with Crippen LogP contribution >= 0.6 is 11.3 Å². The summed E-state index contributed by atoms with van der Waals surface area (Å²) in [5.74, 6) is 0. The van der Waals surface area contributed by atoms with Gasteiger partial charge in [0.2, 0.25) is 0 Å². The highest BCUT2D eigenvalue weighted by atomic mass is 32.1. The van der Waals surface area contributed by atoms with Crippen LogP contribution in [0.4, 0.5) is 0 Å². The van der Waals surface area contributed by atoms with Crippen LogP contribution in [0.1, 0.15) is 36.4 Å². The molecule has 2 N–H and O–H groups in total. The second-order valence-corrected chi connectivity index (χ2v) is 6.96. The van der Waals surface area contributed by atoms with Crippen molar-refractivity contribution in [3.8, 4) is 0 Å². The smallest absolute Gasteiger partial charge is 0.0407 e. The third kappa shape index (κ3) is 1.94. The van der Waals surface area contributed by atoms with Crippen molar-refractivity contribution >= 4 is 21.4 Å². The number of rotatable bonds is 3. The Labute approximate surface area is 129 Å². The quantitative estimate of drug-likeness (QED) is 0.720. The Hall–Kier alpha value is -1.64. The Morgan fingerprint density at radius 2 is 1.76 bits per heavy atom. The standard InChI is InChI=1S/C19H19NS/c20-18(16-9-4-6-14-10-13-21-17(14)16)19(11-5-12-19)15-7-2-1-3-8-15/h1-4,6-10,13,18H,5,11-12,20H2. The van der Waals surface area contributed by atoms with Crippen LogP contribution in [0.15, 0.2) is 60.0 Å². The molecule has 0 spiro atoms. The number of fused-ring (bicyclic) bond motifs is 1. The summed E-state index contributed by atoms with van der Waals surface area (Å²) in [6.07, 6.45) is 3.67. The first kappa shape index (κ1) is 13.1. The van der Waals surface area contributed by atoms with Gasteiger partial charge in [-0.3, -0.25) is 0 Å². The average molecular weight is 293 g/mol. The lowest BCUT2D eigenvalue weighted by atomic mass is 9.59. The highest BCUT2D eigenvalue weighted by Crippen LogP contribution is 2.52. The van der Waals surface area contributed by atoms with Gasteiger partial charge in [-0.1, -0.05) is 55.0 Å². The molecule has 1 aromatic heterocycles. The number of nitrogens with two attached hydrogens (primary N) is 1. The van der Waals surface area contributed by atoms with E-state index in [-0.39, 0.29) is 11.5 Å². The summed E-state index contributed by atoms with van der Waals surface area (Å²) >= 11 is 1.81. The van der Waals surface area contributed by atoms with E-state index in [0.29, 0.717) is 0 Å². The van der Waals surface area contributed by atoms with Crippen molar-refractivity contribution in [3.63, 3.8) is 0 Å². The van der Waals surface area contributed by atoms with Gasteiger partial charge in [0.15, 0.2) is 0 Å². The van der Waals surface area contributed by atoms with Gasteiger partial charge in [-0.25, -0.2) is 0 Å². The lowest BCUT2D eigenvalue weighted by molar-refractivity contribution is 0.197. The van der Waals surface area contributed by atoms with Gasteiger partial charge in [0.05, 0.1) is 0 Å². The van der Waals surface area contributed by atoms with Crippen molar-refractivity contribution in [1.29, 1.82) is 0 Å². The van der Waals surface area contributed by atoms with Crippen molar-refractivity contribution in [2.24, 2.45) is 5.73 Å². The summed E-state index contributed by atoms with van der Waals surface area (Å²) in [5, 5.41) is 3.48. The summed E-state index contributed by atoms with van der Waals surface area (Å²) in [6.45, 7) is 0. The van der Waals surface area contributed by atoms with Crippen molar-refractivity contribution in [3.05, 3.63) is 71.1 Å². The van der Waals surface area contributed by atoms with Gasteiger partial charge in [-0.15, -0.1) is 11.3 Å². The van der Waals surface area contributed by atoms with Gasteiger partial charge in [0.25, 0.3) is 0 Å². The molecular weight excluding hydrogens is 274 g/mol. The molecule has 1 nitrogen and oxygen atoms in total. The van der Waals surface area contributed by atoms with Gasteiger partial charge in [0.1, 0.15) is 0 Å². The summed E-state index contributed by atoms with van der Waals surface area (Å²) in [6, 6.07) is 19.6. The van der Waals surface area contributed by atoms with Crippen LogP contribution in [0.3, 0.4) is 0 Å². The molecule has 0 radical (unpaired) electrons. The van der Waals surface area contributed by atoms with E-state index in [9.17, 15) is 0 Å². The molecule has 0 aliphatic heterocycles. The SMILES string of the molecule is NC(c1cccc2ccsc12)C1(c2ccccc2)CCC1. The van der Waals surface area contributed by atoms with Gasteiger partial charge in [-0.05, 0) is 40.8 Å². The molecule has 4 rings (SSSR count). The first-order valence-corrected chi connectivity index (χ1v) is 8.46. The molecule has 1 aliphatic carbocycles. The number of thiophene rings is 1. The monoisotopic (exact) mass is 293 g/mol. The normalized spacial score (nSPS) is 18.3. The van der Waals surface area contributed by atoms with Crippen LogP contribution < -0.4 is 5.73 Å². The van der Waals surface area contributed by atoms with Gasteiger partial charge in [-0.2, -0.15) is 0 Å². The molecule has 2 heteroatoms. The first-order chi connectivity index (χ1) is 10.3. The molecule has 1 aliphatic rings. The van der Waals surface area contributed by atoms with Gasteiger partial charge >= 0.3 is 0 Å². The Balaban J connectivity index is 1.83. The van der Waals surface area contributed by atoms with Crippen molar-refractivity contribution < 1.29 is 0 Å². The van der Waals surface area contributed by atoms with E-state index in [2.05, 4.69) is 60.0 Å². The predicted molar refractivity (Wildman–Crippen MR) is 90.7 cm³/mol. The van der Waals surface area contributed by atoms with E-state index < -0.39 is 0 Å². The number of hydrogen-bond donors (Lipinski definition) is 1. The van der Waals surface area contributed by atoms with Crippen LogP contribution in [0.25, 0.3) is 10.1 Å². The third-order valence-corrected chi connectivity index (χ3v) is 6.01. The van der Waals surface area contributed by atoms with E-state index in [1.165, 1.54) is 40.5 Å². The Morgan fingerprint density at radius 3 is 2.48 bits per heavy atom. The number of benzene rings is 2. The predicted octanol–water partition coefficient (Wildman–Crippen LogP) is 5.02. The molecule has 1 saturated carbocycles. The van der Waals surface area contributed by atoms with Crippen molar-refractivity contribution in [2.75, 3.05) is 0 Å². The Bertz CT molecular complexity index is 755. The molecule has 106 valence electrons. The highest BCUT2D eigenvalue weighted by Gasteiger charge is 2.44. The molecule has 0 amide bonds. The second-order valence-electron chi connectivity index (χ2n) is 6.04. The molecular formula is C19H19NS. The maximum absolute atomic E-state index is 6.80. The van der Waals surface area contributed by atoms with E-state index in [1.54, 1.807) is 0 Å². The lowest BCUT2D eigenvalue weighted by Gasteiger charge is -2.47. The van der Waals surface area contributed by atoms with Crippen LogP contribution in [-0.2, 0) is 5.41 Å². The summed E-state index contributed by atoms with van der Waals surface area (Å²) in [4.78, 5) is 0. The van der Waals surface area contributed by atoms with Crippen LogP contribution in [0.5, 0.6) is 0 Å². The molecule has 1 fully saturated rings. The molecule has 1 unspecified atom stereocenters. The largest absolute Gasteiger partial charge is 0.323 e. The lowest BCUT2D eigenvalue weighted by Crippen LogP contribution is -2.44. The maximum Gasteiger partial charge on any atom is 0.0407 e. The zero-order valence-electron chi connectivity index (χ0n) is 12.0. The maximum atomic E-state index is 6.80. The summed E-state index contributed by atoms with van der Waals surface area (Å²) in [7, 11) is 0. The van der Waals surface area contributed by atoms with Gasteiger partial charge in [0, 0.05) is 16.2 Å². The topological polar surface area (TPSA) is 26.0 Å². The Kier molecular flexibility index (Phi) is 3.09. The number of hydrogen-bond acceptors (Lipinski definition) is 2. The van der Waals surface area contributed by atoms with E-state index in [0.717, 1.165) is 0 Å². The van der Waals surface area contributed by atoms with E-state index >= 15 is 0 Å².